The lowest BCUT2D eigenvalue weighted by Crippen LogP contribution is -2.22. The van der Waals surface area contributed by atoms with Crippen LogP contribution in [0.25, 0.3) is 0 Å². The molecule has 0 aliphatic heterocycles. The molecule has 0 aromatic carbocycles. The molecule has 0 aromatic rings. The molecule has 0 heterocycles. The first-order chi connectivity index (χ1) is 5.76. The summed E-state index contributed by atoms with van der Waals surface area (Å²) in [4.78, 5) is 0. The van der Waals surface area contributed by atoms with Crippen molar-refractivity contribution in [3.05, 3.63) is 0 Å². The Balaban J connectivity index is 3.72. The first-order valence-corrected chi connectivity index (χ1v) is 4.74. The Morgan fingerprint density at radius 2 is 1.58 bits per heavy atom. The molecule has 0 spiro atoms. The Bertz CT molecular complexity index is 87.8. The molecule has 0 bridgehead atoms. The van der Waals surface area contributed by atoms with Crippen LogP contribution in [0, 0.1) is 11.8 Å². The highest BCUT2D eigenvalue weighted by molar-refractivity contribution is 4.64. The molecule has 0 amide bonds. The van der Waals surface area contributed by atoms with Crippen LogP contribution in [-0.2, 0) is 9.47 Å². The largest absolute Gasteiger partial charge is 0.384 e. The highest BCUT2D eigenvalue weighted by Crippen LogP contribution is 2.17. The van der Waals surface area contributed by atoms with Crippen molar-refractivity contribution in [3.8, 4) is 0 Å². The highest BCUT2D eigenvalue weighted by Gasteiger charge is 2.15. The van der Waals surface area contributed by atoms with E-state index in [1.54, 1.807) is 14.2 Å². The molecule has 0 N–H and O–H groups in total. The van der Waals surface area contributed by atoms with Gasteiger partial charge in [0.2, 0.25) is 0 Å². The number of methoxy groups -OCH3 is 2. The molecule has 0 rings (SSSR count). The molecular weight excluding hydrogens is 152 g/mol. The zero-order valence-electron chi connectivity index (χ0n) is 8.80. The third-order valence-electron chi connectivity index (χ3n) is 2.31. The van der Waals surface area contributed by atoms with E-state index in [2.05, 4.69) is 13.8 Å². The second-order valence-electron chi connectivity index (χ2n) is 3.44. The lowest BCUT2D eigenvalue weighted by molar-refractivity contribution is 0.0558. The summed E-state index contributed by atoms with van der Waals surface area (Å²) in [6.45, 7) is 6.11. The summed E-state index contributed by atoms with van der Waals surface area (Å²) in [5, 5.41) is 0. The molecule has 0 fully saturated rings. The van der Waals surface area contributed by atoms with Crippen LogP contribution in [0.2, 0.25) is 0 Å². The first kappa shape index (κ1) is 11.9. The normalized spacial score (nSPS) is 13.8. The summed E-state index contributed by atoms with van der Waals surface area (Å²) in [5.41, 5.74) is 0. The van der Waals surface area contributed by atoms with Crippen LogP contribution in [0.5, 0.6) is 0 Å². The van der Waals surface area contributed by atoms with Crippen molar-refractivity contribution >= 4 is 0 Å². The standard InChI is InChI=1S/C10H22O2/c1-5-6-9(2)10(7-11-3)8-12-4/h9-10H,5-8H2,1-4H3. The number of hydrogen-bond donors (Lipinski definition) is 0. The number of hydrogen-bond acceptors (Lipinski definition) is 2. The zero-order valence-corrected chi connectivity index (χ0v) is 8.80. The van der Waals surface area contributed by atoms with Crippen molar-refractivity contribution in [1.29, 1.82) is 0 Å². The second kappa shape index (κ2) is 7.56. The van der Waals surface area contributed by atoms with Crippen LogP contribution in [0.15, 0.2) is 0 Å². The first-order valence-electron chi connectivity index (χ1n) is 4.74. The molecule has 1 unspecified atom stereocenters. The summed E-state index contributed by atoms with van der Waals surface area (Å²) < 4.78 is 10.3. The van der Waals surface area contributed by atoms with E-state index in [0.717, 1.165) is 13.2 Å². The van der Waals surface area contributed by atoms with Gasteiger partial charge >= 0.3 is 0 Å². The molecule has 2 heteroatoms. The van der Waals surface area contributed by atoms with E-state index >= 15 is 0 Å². The zero-order chi connectivity index (χ0) is 9.40. The second-order valence-corrected chi connectivity index (χ2v) is 3.44. The lowest BCUT2D eigenvalue weighted by Gasteiger charge is -2.21. The minimum absolute atomic E-state index is 0.556. The minimum Gasteiger partial charge on any atom is -0.384 e. The van der Waals surface area contributed by atoms with Gasteiger partial charge in [-0.2, -0.15) is 0 Å². The van der Waals surface area contributed by atoms with E-state index in [1.165, 1.54) is 12.8 Å². The topological polar surface area (TPSA) is 18.5 Å². The van der Waals surface area contributed by atoms with Crippen molar-refractivity contribution < 1.29 is 9.47 Å². The van der Waals surface area contributed by atoms with Crippen LogP contribution in [-0.4, -0.2) is 27.4 Å². The third-order valence-corrected chi connectivity index (χ3v) is 2.31. The van der Waals surface area contributed by atoms with Crippen molar-refractivity contribution in [2.45, 2.75) is 26.7 Å². The van der Waals surface area contributed by atoms with E-state index in [0.29, 0.717) is 11.8 Å². The van der Waals surface area contributed by atoms with E-state index in [1.807, 2.05) is 0 Å². The maximum atomic E-state index is 5.14. The van der Waals surface area contributed by atoms with Gasteiger partial charge in [0, 0.05) is 20.1 Å². The molecule has 12 heavy (non-hydrogen) atoms. The molecule has 0 aliphatic rings. The van der Waals surface area contributed by atoms with Crippen LogP contribution in [0.4, 0.5) is 0 Å². The van der Waals surface area contributed by atoms with Crippen molar-refractivity contribution in [2.75, 3.05) is 27.4 Å². The summed E-state index contributed by atoms with van der Waals surface area (Å²) in [6, 6.07) is 0. The molecular formula is C10H22O2. The smallest absolute Gasteiger partial charge is 0.0515 e. The average Bonchev–Trinajstić information content (AvgIpc) is 2.04. The average molecular weight is 174 g/mol. The van der Waals surface area contributed by atoms with Crippen LogP contribution >= 0.6 is 0 Å². The summed E-state index contributed by atoms with van der Waals surface area (Å²) in [5.74, 6) is 1.26. The Kier molecular flexibility index (Phi) is 7.51. The fourth-order valence-electron chi connectivity index (χ4n) is 1.50. The maximum Gasteiger partial charge on any atom is 0.0515 e. The Morgan fingerprint density at radius 3 is 1.92 bits per heavy atom. The number of rotatable bonds is 7. The monoisotopic (exact) mass is 174 g/mol. The predicted molar refractivity (Wildman–Crippen MR) is 51.3 cm³/mol. The van der Waals surface area contributed by atoms with Gasteiger partial charge in [0.1, 0.15) is 0 Å². The van der Waals surface area contributed by atoms with Gasteiger partial charge in [-0.1, -0.05) is 26.7 Å². The van der Waals surface area contributed by atoms with Crippen LogP contribution in [0.1, 0.15) is 26.7 Å². The summed E-state index contributed by atoms with van der Waals surface area (Å²) in [7, 11) is 3.50. The summed E-state index contributed by atoms with van der Waals surface area (Å²) >= 11 is 0. The fourth-order valence-corrected chi connectivity index (χ4v) is 1.50. The minimum atomic E-state index is 0.556. The molecule has 1 atom stereocenters. The third kappa shape index (κ3) is 4.73. The van der Waals surface area contributed by atoms with Gasteiger partial charge in [-0.3, -0.25) is 0 Å². The van der Waals surface area contributed by atoms with Crippen molar-refractivity contribution in [3.63, 3.8) is 0 Å². The van der Waals surface area contributed by atoms with Gasteiger partial charge in [0.15, 0.2) is 0 Å². The molecule has 0 saturated heterocycles. The quantitative estimate of drug-likeness (QED) is 0.589. The number of ether oxygens (including phenoxy) is 2. The SMILES string of the molecule is CCCC(C)C(COC)COC. The fraction of sp³-hybridized carbons (Fsp3) is 1.00. The van der Waals surface area contributed by atoms with Crippen molar-refractivity contribution in [1.82, 2.24) is 0 Å². The molecule has 0 radical (unpaired) electrons. The molecule has 74 valence electrons. The van der Waals surface area contributed by atoms with E-state index in [-0.39, 0.29) is 0 Å². The van der Waals surface area contributed by atoms with Gasteiger partial charge in [0.05, 0.1) is 13.2 Å². The molecule has 0 saturated carbocycles. The van der Waals surface area contributed by atoms with Gasteiger partial charge in [0.25, 0.3) is 0 Å². The van der Waals surface area contributed by atoms with E-state index in [4.69, 9.17) is 9.47 Å². The van der Waals surface area contributed by atoms with E-state index < -0.39 is 0 Å². The Hall–Kier alpha value is -0.0800. The maximum absolute atomic E-state index is 5.14. The predicted octanol–water partition coefficient (Wildman–Crippen LogP) is 2.33. The lowest BCUT2D eigenvalue weighted by atomic mass is 9.91. The Labute approximate surface area is 76.3 Å². The Morgan fingerprint density at radius 1 is 1.08 bits per heavy atom. The van der Waals surface area contributed by atoms with E-state index in [9.17, 15) is 0 Å². The van der Waals surface area contributed by atoms with Gasteiger partial charge in [-0.25, -0.2) is 0 Å². The molecule has 0 aliphatic carbocycles. The van der Waals surface area contributed by atoms with Gasteiger partial charge < -0.3 is 9.47 Å². The van der Waals surface area contributed by atoms with Gasteiger partial charge in [-0.05, 0) is 5.92 Å². The van der Waals surface area contributed by atoms with Crippen LogP contribution < -0.4 is 0 Å². The van der Waals surface area contributed by atoms with Gasteiger partial charge in [-0.15, -0.1) is 0 Å². The summed E-state index contributed by atoms with van der Waals surface area (Å²) in [6.07, 6.45) is 2.50. The molecule has 0 aromatic heterocycles. The van der Waals surface area contributed by atoms with Crippen molar-refractivity contribution in [2.24, 2.45) is 11.8 Å². The molecule has 2 nitrogen and oxygen atoms in total. The van der Waals surface area contributed by atoms with Crippen LogP contribution in [0.3, 0.4) is 0 Å². The highest BCUT2D eigenvalue weighted by atomic mass is 16.5.